The van der Waals surface area contributed by atoms with Crippen molar-refractivity contribution in [2.45, 2.75) is 6.92 Å². The minimum atomic E-state index is -0.148. The van der Waals surface area contributed by atoms with Crippen LogP contribution in [-0.4, -0.2) is 5.91 Å². The molecule has 1 amide bonds. The highest BCUT2D eigenvalue weighted by atomic mass is 35.5. The smallest absolute Gasteiger partial charge is 0.248 e. The summed E-state index contributed by atoms with van der Waals surface area (Å²) in [6.07, 6.45) is 3.14. The highest BCUT2D eigenvalue weighted by Crippen LogP contribution is 2.14. The van der Waals surface area contributed by atoms with Gasteiger partial charge in [-0.1, -0.05) is 23.7 Å². The molecular formula is C10H10ClNO. The van der Waals surface area contributed by atoms with Crippen molar-refractivity contribution in [3.05, 3.63) is 41.4 Å². The second-order valence-electron chi connectivity index (χ2n) is 2.50. The third-order valence-corrected chi connectivity index (χ3v) is 1.65. The molecule has 1 aromatic rings. The molecule has 3 heteroatoms. The lowest BCUT2D eigenvalue weighted by Gasteiger charge is -2.01. The Bertz CT molecular complexity index is 333. The Morgan fingerprint density at radius 2 is 2.31 bits per heavy atom. The van der Waals surface area contributed by atoms with Gasteiger partial charge in [-0.3, -0.25) is 4.79 Å². The zero-order valence-corrected chi connectivity index (χ0v) is 8.01. The number of carbonyl (C=O) groups excluding carboxylic acids is 1. The maximum absolute atomic E-state index is 11.1. The minimum absolute atomic E-state index is 0.148. The van der Waals surface area contributed by atoms with Gasteiger partial charge in [0.15, 0.2) is 0 Å². The molecule has 0 fully saturated rings. The van der Waals surface area contributed by atoms with E-state index in [1.54, 1.807) is 37.3 Å². The predicted molar refractivity (Wildman–Crippen MR) is 54.9 cm³/mol. The molecule has 0 unspecified atom stereocenters. The quantitative estimate of drug-likeness (QED) is 0.723. The van der Waals surface area contributed by atoms with Crippen molar-refractivity contribution < 1.29 is 4.79 Å². The van der Waals surface area contributed by atoms with Gasteiger partial charge in [0.05, 0.1) is 0 Å². The van der Waals surface area contributed by atoms with Crippen LogP contribution in [0.3, 0.4) is 0 Å². The molecule has 0 bridgehead atoms. The second-order valence-corrected chi connectivity index (χ2v) is 2.94. The Kier molecular flexibility index (Phi) is 3.53. The van der Waals surface area contributed by atoms with Gasteiger partial charge in [0.1, 0.15) is 0 Å². The molecule has 0 saturated heterocycles. The van der Waals surface area contributed by atoms with Crippen molar-refractivity contribution in [3.8, 4) is 0 Å². The van der Waals surface area contributed by atoms with Crippen molar-refractivity contribution in [2.75, 3.05) is 5.32 Å². The Balaban J connectivity index is 2.69. The van der Waals surface area contributed by atoms with Crippen LogP contribution in [0.1, 0.15) is 6.92 Å². The maximum atomic E-state index is 11.1. The first-order valence-corrected chi connectivity index (χ1v) is 4.29. The molecule has 0 saturated carbocycles. The fourth-order valence-corrected chi connectivity index (χ4v) is 1.09. The van der Waals surface area contributed by atoms with E-state index in [9.17, 15) is 4.79 Å². The Hall–Kier alpha value is -1.28. The first-order valence-electron chi connectivity index (χ1n) is 3.91. The van der Waals surface area contributed by atoms with E-state index in [4.69, 9.17) is 11.6 Å². The number of hydrogen-bond acceptors (Lipinski definition) is 1. The van der Waals surface area contributed by atoms with Gasteiger partial charge in [-0.15, -0.1) is 0 Å². The van der Waals surface area contributed by atoms with Gasteiger partial charge < -0.3 is 5.32 Å². The second kappa shape index (κ2) is 4.67. The number of benzene rings is 1. The van der Waals surface area contributed by atoms with Crippen LogP contribution in [0.25, 0.3) is 0 Å². The molecule has 0 aliphatic rings. The molecule has 0 aliphatic carbocycles. The van der Waals surface area contributed by atoms with Crippen LogP contribution in [-0.2, 0) is 4.79 Å². The monoisotopic (exact) mass is 195 g/mol. The minimum Gasteiger partial charge on any atom is -0.322 e. The molecular weight excluding hydrogens is 186 g/mol. The van der Waals surface area contributed by atoms with Gasteiger partial charge >= 0.3 is 0 Å². The molecule has 1 aromatic carbocycles. The number of amides is 1. The van der Waals surface area contributed by atoms with E-state index in [-0.39, 0.29) is 5.91 Å². The third-order valence-electron chi connectivity index (χ3n) is 1.41. The molecule has 0 heterocycles. The number of carbonyl (C=O) groups is 1. The van der Waals surface area contributed by atoms with Crippen LogP contribution < -0.4 is 5.32 Å². The van der Waals surface area contributed by atoms with Crippen LogP contribution in [0.15, 0.2) is 36.4 Å². The fraction of sp³-hybridized carbons (Fsp3) is 0.100. The van der Waals surface area contributed by atoms with Gasteiger partial charge in [0.25, 0.3) is 0 Å². The molecule has 0 aromatic heterocycles. The van der Waals surface area contributed by atoms with E-state index in [1.165, 1.54) is 6.08 Å². The molecule has 0 radical (unpaired) electrons. The first-order chi connectivity index (χ1) is 6.22. The zero-order valence-electron chi connectivity index (χ0n) is 7.25. The van der Waals surface area contributed by atoms with E-state index in [0.717, 1.165) is 0 Å². The highest BCUT2D eigenvalue weighted by molar-refractivity contribution is 6.30. The molecule has 13 heavy (non-hydrogen) atoms. The molecule has 68 valence electrons. The Morgan fingerprint density at radius 1 is 1.54 bits per heavy atom. The number of halogens is 1. The van der Waals surface area contributed by atoms with Gasteiger partial charge in [-0.2, -0.15) is 0 Å². The number of allylic oxidation sites excluding steroid dienone is 1. The Labute approximate surface area is 82.2 Å². The molecule has 1 rings (SSSR count). The maximum Gasteiger partial charge on any atom is 0.248 e. The summed E-state index contributed by atoms with van der Waals surface area (Å²) >= 11 is 5.74. The zero-order chi connectivity index (χ0) is 9.68. The Morgan fingerprint density at radius 3 is 2.92 bits per heavy atom. The van der Waals surface area contributed by atoms with Crippen molar-refractivity contribution >= 4 is 23.2 Å². The SMILES string of the molecule is C/C=C\C(=O)Nc1cccc(Cl)c1. The van der Waals surface area contributed by atoms with Crippen molar-refractivity contribution in [1.82, 2.24) is 0 Å². The number of anilines is 1. The van der Waals surface area contributed by atoms with E-state index >= 15 is 0 Å². The van der Waals surface area contributed by atoms with Crippen LogP contribution >= 0.6 is 11.6 Å². The van der Waals surface area contributed by atoms with E-state index < -0.39 is 0 Å². The van der Waals surface area contributed by atoms with Crippen LogP contribution in [0.4, 0.5) is 5.69 Å². The van der Waals surface area contributed by atoms with Crippen molar-refractivity contribution in [2.24, 2.45) is 0 Å². The average molecular weight is 196 g/mol. The predicted octanol–water partition coefficient (Wildman–Crippen LogP) is 2.85. The summed E-state index contributed by atoms with van der Waals surface area (Å²) in [4.78, 5) is 11.1. The first kappa shape index (κ1) is 9.81. The lowest BCUT2D eigenvalue weighted by atomic mass is 10.3. The third kappa shape index (κ3) is 3.30. The molecule has 0 spiro atoms. The summed E-state index contributed by atoms with van der Waals surface area (Å²) in [5.41, 5.74) is 0.704. The lowest BCUT2D eigenvalue weighted by molar-refractivity contribution is -0.111. The molecule has 0 atom stereocenters. The highest BCUT2D eigenvalue weighted by Gasteiger charge is 1.96. The van der Waals surface area contributed by atoms with Gasteiger partial charge in [0.2, 0.25) is 5.91 Å². The standard InChI is InChI=1S/C10H10ClNO/c1-2-4-10(13)12-9-6-3-5-8(11)7-9/h2-7H,1H3,(H,12,13)/b4-2-. The van der Waals surface area contributed by atoms with E-state index in [1.807, 2.05) is 0 Å². The van der Waals surface area contributed by atoms with Crippen LogP contribution in [0, 0.1) is 0 Å². The van der Waals surface area contributed by atoms with Crippen LogP contribution in [0.2, 0.25) is 5.02 Å². The van der Waals surface area contributed by atoms with Gasteiger partial charge in [-0.05, 0) is 31.2 Å². The largest absolute Gasteiger partial charge is 0.322 e. The van der Waals surface area contributed by atoms with Gasteiger partial charge in [-0.25, -0.2) is 0 Å². The normalized spacial score (nSPS) is 10.3. The van der Waals surface area contributed by atoms with Crippen molar-refractivity contribution in [1.29, 1.82) is 0 Å². The van der Waals surface area contributed by atoms with E-state index in [2.05, 4.69) is 5.32 Å². The molecule has 0 aliphatic heterocycles. The summed E-state index contributed by atoms with van der Waals surface area (Å²) in [5, 5.41) is 3.28. The van der Waals surface area contributed by atoms with Gasteiger partial charge in [0, 0.05) is 10.7 Å². The summed E-state index contributed by atoms with van der Waals surface area (Å²) < 4.78 is 0. The molecule has 2 nitrogen and oxygen atoms in total. The summed E-state index contributed by atoms with van der Waals surface area (Å²) in [5.74, 6) is -0.148. The molecule has 1 N–H and O–H groups in total. The average Bonchev–Trinajstić information content (AvgIpc) is 2.04. The number of nitrogens with one attached hydrogen (secondary N) is 1. The van der Waals surface area contributed by atoms with Crippen LogP contribution in [0.5, 0.6) is 0 Å². The lowest BCUT2D eigenvalue weighted by Crippen LogP contribution is -2.07. The topological polar surface area (TPSA) is 29.1 Å². The number of rotatable bonds is 2. The fourth-order valence-electron chi connectivity index (χ4n) is 0.902. The summed E-state index contributed by atoms with van der Waals surface area (Å²) in [6, 6.07) is 7.02. The van der Waals surface area contributed by atoms with Crippen molar-refractivity contribution in [3.63, 3.8) is 0 Å². The van der Waals surface area contributed by atoms with E-state index in [0.29, 0.717) is 10.7 Å². The summed E-state index contributed by atoms with van der Waals surface area (Å²) in [7, 11) is 0. The summed E-state index contributed by atoms with van der Waals surface area (Å²) in [6.45, 7) is 1.79. The number of hydrogen-bond donors (Lipinski definition) is 1.